The Balaban J connectivity index is 1.61. The van der Waals surface area contributed by atoms with Gasteiger partial charge >= 0.3 is 0 Å². The van der Waals surface area contributed by atoms with Gasteiger partial charge in [0.2, 0.25) is 0 Å². The number of carbonyl (C=O) groups excluding carboxylic acids is 2. The first-order valence-electron chi connectivity index (χ1n) is 9.44. The van der Waals surface area contributed by atoms with Gasteiger partial charge in [0.1, 0.15) is 11.6 Å². The topological polar surface area (TPSA) is 81.3 Å². The smallest absolute Gasteiger partial charge is 0.251 e. The molecule has 5 nitrogen and oxygen atoms in total. The molecule has 4 rings (SSSR count). The summed E-state index contributed by atoms with van der Waals surface area (Å²) in [6.45, 7) is -0.00558. The van der Waals surface area contributed by atoms with Gasteiger partial charge in [-0.15, -0.1) is 0 Å². The minimum absolute atomic E-state index is 0.00308. The standard InChI is InChI=1S/C22H20F2N2O3/c23-13-5-6-16(18(24)11-13)21-15-3-1-2-14(15)17-10-12(4-7-19(17)26-21)22(29)25-9-8-20(27)28/h1-2,4-7,10-11,14-15,21,26H,3,8-9H2,(H,25,29)(H,27,28)/p-1/t14-,15-,21+/m0/s1. The van der Waals surface area contributed by atoms with Gasteiger partial charge in [0, 0.05) is 47.7 Å². The van der Waals surface area contributed by atoms with Crippen molar-refractivity contribution >= 4 is 17.6 Å². The zero-order valence-corrected chi connectivity index (χ0v) is 15.5. The van der Waals surface area contributed by atoms with Gasteiger partial charge in [0.05, 0.1) is 6.04 Å². The molecule has 7 heteroatoms. The minimum Gasteiger partial charge on any atom is -0.550 e. The third-order valence-electron chi connectivity index (χ3n) is 5.54. The van der Waals surface area contributed by atoms with Gasteiger partial charge in [-0.3, -0.25) is 4.79 Å². The number of anilines is 1. The molecule has 150 valence electrons. The van der Waals surface area contributed by atoms with Gasteiger partial charge in [0.25, 0.3) is 5.91 Å². The van der Waals surface area contributed by atoms with Gasteiger partial charge in [-0.05, 0) is 42.2 Å². The van der Waals surface area contributed by atoms with Crippen molar-refractivity contribution in [2.75, 3.05) is 11.9 Å². The number of aliphatic carboxylic acids is 1. The number of hydrogen-bond donors (Lipinski definition) is 2. The van der Waals surface area contributed by atoms with Crippen LogP contribution in [0.1, 0.15) is 46.3 Å². The van der Waals surface area contributed by atoms with Crippen LogP contribution in [0.2, 0.25) is 0 Å². The average molecular weight is 397 g/mol. The summed E-state index contributed by atoms with van der Waals surface area (Å²) in [6.07, 6.45) is 4.57. The number of benzene rings is 2. The summed E-state index contributed by atoms with van der Waals surface area (Å²) in [7, 11) is 0. The Bertz CT molecular complexity index is 1010. The average Bonchev–Trinajstić information content (AvgIpc) is 3.17. The van der Waals surface area contributed by atoms with Crippen LogP contribution in [-0.2, 0) is 4.79 Å². The number of allylic oxidation sites excluding steroid dienone is 2. The van der Waals surface area contributed by atoms with Gasteiger partial charge in [-0.25, -0.2) is 8.78 Å². The van der Waals surface area contributed by atoms with E-state index >= 15 is 0 Å². The van der Waals surface area contributed by atoms with Crippen molar-refractivity contribution < 1.29 is 23.5 Å². The lowest BCUT2D eigenvalue weighted by molar-refractivity contribution is -0.305. The molecule has 29 heavy (non-hydrogen) atoms. The van der Waals surface area contributed by atoms with E-state index in [4.69, 9.17) is 0 Å². The first-order chi connectivity index (χ1) is 13.9. The summed E-state index contributed by atoms with van der Waals surface area (Å²) in [6, 6.07) is 8.49. The van der Waals surface area contributed by atoms with Crippen molar-refractivity contribution in [2.24, 2.45) is 5.92 Å². The lowest BCUT2D eigenvalue weighted by Crippen LogP contribution is -2.32. The summed E-state index contributed by atoms with van der Waals surface area (Å²) >= 11 is 0. The maximum atomic E-state index is 14.4. The molecule has 0 unspecified atom stereocenters. The minimum atomic E-state index is -1.22. The first-order valence-corrected chi connectivity index (χ1v) is 9.44. The fourth-order valence-electron chi connectivity index (χ4n) is 4.18. The van der Waals surface area contributed by atoms with Crippen LogP contribution < -0.4 is 15.7 Å². The first kappa shape index (κ1) is 19.1. The van der Waals surface area contributed by atoms with Crippen molar-refractivity contribution in [3.8, 4) is 0 Å². The lowest BCUT2D eigenvalue weighted by atomic mass is 9.76. The van der Waals surface area contributed by atoms with Crippen LogP contribution in [0.25, 0.3) is 0 Å². The summed E-state index contributed by atoms with van der Waals surface area (Å²) in [5.41, 5.74) is 2.56. The van der Waals surface area contributed by atoms with Crippen molar-refractivity contribution in [2.45, 2.75) is 24.8 Å². The molecule has 2 aromatic carbocycles. The highest BCUT2D eigenvalue weighted by molar-refractivity contribution is 5.95. The van der Waals surface area contributed by atoms with Crippen LogP contribution in [0.4, 0.5) is 14.5 Å². The van der Waals surface area contributed by atoms with Gasteiger partial charge < -0.3 is 20.5 Å². The highest BCUT2D eigenvalue weighted by Crippen LogP contribution is 2.50. The molecule has 2 aromatic rings. The number of carbonyl (C=O) groups is 2. The van der Waals surface area contributed by atoms with Crippen LogP contribution in [0.5, 0.6) is 0 Å². The number of rotatable bonds is 5. The normalized spacial score (nSPS) is 21.8. The second kappa shape index (κ2) is 7.66. The summed E-state index contributed by atoms with van der Waals surface area (Å²) in [5.74, 6) is -2.74. The predicted molar refractivity (Wildman–Crippen MR) is 101 cm³/mol. The Labute approximate surface area is 166 Å². The van der Waals surface area contributed by atoms with E-state index in [0.717, 1.165) is 23.7 Å². The second-order valence-electron chi connectivity index (χ2n) is 7.32. The molecule has 1 amide bonds. The third-order valence-corrected chi connectivity index (χ3v) is 5.54. The number of halogens is 2. The maximum absolute atomic E-state index is 14.4. The Hall–Kier alpha value is -3.22. The van der Waals surface area contributed by atoms with Crippen molar-refractivity contribution in [1.29, 1.82) is 0 Å². The molecule has 2 N–H and O–H groups in total. The van der Waals surface area contributed by atoms with E-state index in [0.29, 0.717) is 11.1 Å². The van der Waals surface area contributed by atoms with Crippen LogP contribution in [0.15, 0.2) is 48.6 Å². The van der Waals surface area contributed by atoms with E-state index in [1.165, 1.54) is 12.1 Å². The van der Waals surface area contributed by atoms with Crippen molar-refractivity contribution in [3.05, 3.63) is 76.9 Å². The zero-order valence-electron chi connectivity index (χ0n) is 15.5. The van der Waals surface area contributed by atoms with Gasteiger partial charge in [-0.2, -0.15) is 0 Å². The van der Waals surface area contributed by atoms with Gasteiger partial charge in [-0.1, -0.05) is 18.2 Å². The molecule has 0 spiro atoms. The molecule has 1 aliphatic carbocycles. The zero-order chi connectivity index (χ0) is 20.5. The van der Waals surface area contributed by atoms with Crippen molar-refractivity contribution in [1.82, 2.24) is 5.32 Å². The highest BCUT2D eigenvalue weighted by Gasteiger charge is 2.39. The number of hydrogen-bond acceptors (Lipinski definition) is 4. The Morgan fingerprint density at radius 1 is 1.14 bits per heavy atom. The van der Waals surface area contributed by atoms with Crippen LogP contribution in [0.3, 0.4) is 0 Å². The number of fused-ring (bicyclic) bond motifs is 3. The van der Waals surface area contributed by atoms with E-state index < -0.39 is 17.6 Å². The van der Waals surface area contributed by atoms with Crippen LogP contribution >= 0.6 is 0 Å². The molecule has 0 radical (unpaired) electrons. The van der Waals surface area contributed by atoms with E-state index in [9.17, 15) is 23.5 Å². The molecule has 0 saturated carbocycles. The molecular formula is C22H19F2N2O3-. The largest absolute Gasteiger partial charge is 0.550 e. The van der Waals surface area contributed by atoms with E-state index in [2.05, 4.69) is 16.7 Å². The van der Waals surface area contributed by atoms with Gasteiger partial charge in [0.15, 0.2) is 0 Å². The van der Waals surface area contributed by atoms with Crippen LogP contribution in [-0.4, -0.2) is 18.4 Å². The predicted octanol–water partition coefficient (Wildman–Crippen LogP) is 2.66. The fourth-order valence-corrected chi connectivity index (χ4v) is 4.18. The van der Waals surface area contributed by atoms with E-state index in [-0.39, 0.29) is 36.8 Å². The summed E-state index contributed by atoms with van der Waals surface area (Å²) in [4.78, 5) is 22.8. The molecule has 0 aromatic heterocycles. The highest BCUT2D eigenvalue weighted by atomic mass is 19.1. The summed E-state index contributed by atoms with van der Waals surface area (Å²) in [5, 5.41) is 16.4. The molecule has 0 bridgehead atoms. The number of nitrogens with one attached hydrogen (secondary N) is 2. The monoisotopic (exact) mass is 397 g/mol. The molecule has 2 aliphatic rings. The molecule has 1 aliphatic heterocycles. The Morgan fingerprint density at radius 2 is 1.97 bits per heavy atom. The lowest BCUT2D eigenvalue weighted by Gasteiger charge is -2.37. The Morgan fingerprint density at radius 3 is 2.72 bits per heavy atom. The Kier molecular flexibility index (Phi) is 5.05. The second-order valence-corrected chi connectivity index (χ2v) is 7.32. The molecular weight excluding hydrogens is 378 g/mol. The molecule has 1 heterocycles. The quantitative estimate of drug-likeness (QED) is 0.760. The molecule has 0 fully saturated rings. The van der Waals surface area contributed by atoms with Crippen molar-refractivity contribution in [3.63, 3.8) is 0 Å². The van der Waals surface area contributed by atoms with Crippen LogP contribution in [0, 0.1) is 17.6 Å². The number of amides is 1. The van der Waals surface area contributed by atoms with E-state index in [1.807, 2.05) is 6.08 Å². The molecule has 0 saturated heterocycles. The summed E-state index contributed by atoms with van der Waals surface area (Å²) < 4.78 is 27.7. The number of carboxylic acids is 1. The molecule has 3 atom stereocenters. The number of carboxylic acid groups (broad SMARTS) is 1. The third kappa shape index (κ3) is 3.72. The van der Waals surface area contributed by atoms with E-state index in [1.54, 1.807) is 18.2 Å². The maximum Gasteiger partial charge on any atom is 0.251 e. The SMILES string of the molecule is O=C([O-])CCNC(=O)c1ccc2c(c1)[C@H]1C=CC[C@@H]1[C@H](c1ccc(F)cc1F)N2. The fraction of sp³-hybridized carbons (Fsp3) is 0.273.